The van der Waals surface area contributed by atoms with E-state index in [1.807, 2.05) is 0 Å². The lowest BCUT2D eigenvalue weighted by Gasteiger charge is -1.63. The minimum absolute atomic E-state index is 0.00463. The zero-order valence-electron chi connectivity index (χ0n) is 2.83. The van der Waals surface area contributed by atoms with Crippen LogP contribution in [0.2, 0.25) is 0 Å². The average Bonchev–Trinajstić information content (AvgIpc) is 1.86. The molecule has 0 aromatic heterocycles. The summed E-state index contributed by atoms with van der Waals surface area (Å²) in [7, 11) is 0. The summed E-state index contributed by atoms with van der Waals surface area (Å²) in [5.41, 5.74) is 4.88. The molecule has 0 atom stereocenters. The van der Waals surface area contributed by atoms with Gasteiger partial charge in [0.15, 0.2) is 0 Å². The zero-order valence-corrected chi connectivity index (χ0v) is 2.83. The van der Waals surface area contributed by atoms with Gasteiger partial charge in [0.1, 0.15) is 5.10 Å². The first-order valence-corrected chi connectivity index (χ1v) is 1.30. The topological polar surface area (TPSA) is 74.1 Å². The van der Waals surface area contributed by atoms with Crippen LogP contribution in [0.15, 0.2) is 10.3 Å². The van der Waals surface area contributed by atoms with E-state index in [0.29, 0.717) is 0 Å². The molecule has 0 bridgehead atoms. The number of hydrogen-bond donors (Lipinski definition) is 1. The summed E-state index contributed by atoms with van der Waals surface area (Å²) in [6.07, 6.45) is 0. The summed E-state index contributed by atoms with van der Waals surface area (Å²) in [6.45, 7) is 0. The Labute approximate surface area is 33.5 Å². The van der Waals surface area contributed by atoms with Crippen molar-refractivity contribution in [1.29, 1.82) is 0 Å². The SMILES string of the molecule is NC1=NN=[N+]O1. The predicted molar refractivity (Wildman–Crippen MR) is 17.3 cm³/mol. The minimum Gasteiger partial charge on any atom is -0.326 e. The molecule has 0 aromatic rings. The second-order valence-corrected chi connectivity index (χ2v) is 0.701. The van der Waals surface area contributed by atoms with Gasteiger partial charge in [-0.3, -0.25) is 0 Å². The van der Waals surface area contributed by atoms with Gasteiger partial charge in [0.2, 0.25) is 5.22 Å². The van der Waals surface area contributed by atoms with Crippen molar-refractivity contribution in [3.05, 3.63) is 0 Å². The predicted octanol–water partition coefficient (Wildman–Crippen LogP) is -1.05. The Balaban J connectivity index is 2.61. The molecule has 0 amide bonds. The van der Waals surface area contributed by atoms with Gasteiger partial charge in [-0.2, -0.15) is 4.84 Å². The smallest absolute Gasteiger partial charge is 0.326 e. The van der Waals surface area contributed by atoms with E-state index in [9.17, 15) is 0 Å². The highest BCUT2D eigenvalue weighted by Crippen LogP contribution is 1.78. The highest BCUT2D eigenvalue weighted by atomic mass is 16.7. The number of nitrogens with two attached hydrogens (primary N) is 1. The molecule has 1 heterocycles. The number of amidine groups is 1. The molecule has 5 heteroatoms. The molecule has 0 saturated heterocycles. The van der Waals surface area contributed by atoms with E-state index >= 15 is 0 Å². The van der Waals surface area contributed by atoms with Gasteiger partial charge in [0.05, 0.1) is 0 Å². The van der Waals surface area contributed by atoms with Crippen LogP contribution in [-0.4, -0.2) is 6.02 Å². The lowest BCUT2D eigenvalue weighted by atomic mass is 11.2. The average molecular weight is 86.1 g/mol. The summed E-state index contributed by atoms with van der Waals surface area (Å²) in [4.78, 5) is 4.14. The Bertz CT molecular complexity index is 104. The van der Waals surface area contributed by atoms with Crippen molar-refractivity contribution in [2.45, 2.75) is 0 Å². The van der Waals surface area contributed by atoms with Gasteiger partial charge in [0, 0.05) is 0 Å². The van der Waals surface area contributed by atoms with Gasteiger partial charge in [0.25, 0.3) is 0 Å². The first-order chi connectivity index (χ1) is 2.89. The first kappa shape index (κ1) is 3.08. The van der Waals surface area contributed by atoms with E-state index in [-0.39, 0.29) is 6.02 Å². The molecule has 6 heavy (non-hydrogen) atoms. The number of nitrogens with zero attached hydrogens (tertiary/aromatic N) is 3. The van der Waals surface area contributed by atoms with Crippen LogP contribution in [0.3, 0.4) is 0 Å². The van der Waals surface area contributed by atoms with Crippen LogP contribution in [0.1, 0.15) is 0 Å². The van der Waals surface area contributed by atoms with Crippen molar-refractivity contribution in [1.82, 2.24) is 5.28 Å². The minimum atomic E-state index is -0.00463. The molecule has 0 aliphatic carbocycles. The van der Waals surface area contributed by atoms with Crippen molar-refractivity contribution in [3.8, 4) is 0 Å². The van der Waals surface area contributed by atoms with Crippen molar-refractivity contribution >= 4 is 6.02 Å². The number of rotatable bonds is 0. The van der Waals surface area contributed by atoms with E-state index < -0.39 is 0 Å². The maximum Gasteiger partial charge on any atom is 0.481 e. The monoisotopic (exact) mass is 86.0 g/mol. The molecule has 1 aliphatic rings. The summed E-state index contributed by atoms with van der Waals surface area (Å²) in [5.74, 6) is 0. The van der Waals surface area contributed by atoms with E-state index in [0.717, 1.165) is 0 Å². The standard InChI is InChI=1S/CH2N4O/c2-1-3-4-5-6-1/h(H2,2,3)/q+1. The molecular weight excluding hydrogens is 84.0 g/mol. The zero-order chi connectivity index (χ0) is 4.41. The van der Waals surface area contributed by atoms with Crippen molar-refractivity contribution < 1.29 is 4.84 Å². The summed E-state index contributed by atoms with van der Waals surface area (Å²) < 4.78 is 0. The third-order valence-corrected chi connectivity index (χ3v) is 0.314. The Morgan fingerprint density at radius 1 is 1.83 bits per heavy atom. The fourth-order valence-corrected chi connectivity index (χ4v) is 0.141. The molecule has 5 nitrogen and oxygen atoms in total. The second-order valence-electron chi connectivity index (χ2n) is 0.701. The van der Waals surface area contributed by atoms with Crippen LogP contribution in [0.4, 0.5) is 0 Å². The quantitative estimate of drug-likeness (QED) is 0.408. The maximum absolute atomic E-state index is 4.88. The summed E-state index contributed by atoms with van der Waals surface area (Å²) >= 11 is 0. The summed E-state index contributed by atoms with van der Waals surface area (Å²) in [6, 6.07) is -0.00463. The Morgan fingerprint density at radius 3 is 2.83 bits per heavy atom. The molecule has 0 unspecified atom stereocenters. The maximum atomic E-state index is 4.88. The molecule has 0 fully saturated rings. The third kappa shape index (κ3) is 0.291. The molecule has 0 spiro atoms. The fourth-order valence-electron chi connectivity index (χ4n) is 0.141. The number of hydrogen-bond acceptors (Lipinski definition) is 5. The van der Waals surface area contributed by atoms with Crippen molar-refractivity contribution in [2.24, 2.45) is 16.1 Å². The van der Waals surface area contributed by atoms with Crippen LogP contribution < -0.4 is 11.0 Å². The highest BCUT2D eigenvalue weighted by molar-refractivity contribution is 5.71. The molecule has 1 aliphatic heterocycles. The van der Waals surface area contributed by atoms with Crippen LogP contribution in [-0.2, 0) is 4.84 Å². The second kappa shape index (κ2) is 0.925. The lowest BCUT2D eigenvalue weighted by Crippen LogP contribution is -2.11. The first-order valence-electron chi connectivity index (χ1n) is 1.30. The van der Waals surface area contributed by atoms with Gasteiger partial charge in [-0.05, 0) is 0 Å². The van der Waals surface area contributed by atoms with Gasteiger partial charge >= 0.3 is 11.3 Å². The summed E-state index contributed by atoms with van der Waals surface area (Å²) in [5, 5.41) is 9.16. The normalized spacial score (nSPS) is 17.0. The molecule has 1 rings (SSSR count). The van der Waals surface area contributed by atoms with Gasteiger partial charge in [-0.25, -0.2) is 0 Å². The lowest BCUT2D eigenvalue weighted by molar-refractivity contribution is 0.247. The fraction of sp³-hybridized carbons (Fsp3) is 0. The third-order valence-electron chi connectivity index (χ3n) is 0.314. The molecular formula is CH2N4O+. The van der Waals surface area contributed by atoms with E-state index in [1.54, 1.807) is 0 Å². The highest BCUT2D eigenvalue weighted by Gasteiger charge is 2.10. The molecule has 0 aromatic carbocycles. The van der Waals surface area contributed by atoms with Crippen molar-refractivity contribution in [3.63, 3.8) is 0 Å². The molecule has 31 valence electrons. The van der Waals surface area contributed by atoms with E-state index in [1.165, 1.54) is 0 Å². The largest absolute Gasteiger partial charge is 0.481 e. The molecule has 0 saturated carbocycles. The van der Waals surface area contributed by atoms with Crippen molar-refractivity contribution in [2.75, 3.05) is 0 Å². The van der Waals surface area contributed by atoms with Gasteiger partial charge in [-0.1, -0.05) is 0 Å². The van der Waals surface area contributed by atoms with Crippen LogP contribution >= 0.6 is 0 Å². The Kier molecular flexibility index (Phi) is 0.474. The van der Waals surface area contributed by atoms with Gasteiger partial charge < -0.3 is 5.73 Å². The van der Waals surface area contributed by atoms with Crippen LogP contribution in [0.25, 0.3) is 0 Å². The Hall–Kier alpha value is -1.13. The Morgan fingerprint density at radius 2 is 2.67 bits per heavy atom. The molecule has 2 N–H and O–H groups in total. The van der Waals surface area contributed by atoms with Gasteiger partial charge in [-0.15, -0.1) is 0 Å². The van der Waals surface area contributed by atoms with Crippen LogP contribution in [0.5, 0.6) is 0 Å². The van der Waals surface area contributed by atoms with E-state index in [4.69, 9.17) is 5.73 Å². The van der Waals surface area contributed by atoms with Crippen LogP contribution in [0, 0.1) is 0 Å². The molecule has 1 radical (unpaired) electrons. The van der Waals surface area contributed by atoms with E-state index in [2.05, 4.69) is 20.4 Å².